The summed E-state index contributed by atoms with van der Waals surface area (Å²) in [5.74, 6) is 0. The molecule has 1 radical (unpaired) electrons. The van der Waals surface area contributed by atoms with Crippen LogP contribution in [0.1, 0.15) is 0 Å². The highest BCUT2D eigenvalue weighted by molar-refractivity contribution is 9.10. The molecule has 0 aliphatic rings. The van der Waals surface area contributed by atoms with Crippen molar-refractivity contribution in [3.05, 3.63) is 59.1 Å². The second-order valence-corrected chi connectivity index (χ2v) is 4.85. The summed E-state index contributed by atoms with van der Waals surface area (Å²) in [6.45, 7) is 0. The van der Waals surface area contributed by atoms with Gasteiger partial charge < -0.3 is 0 Å². The van der Waals surface area contributed by atoms with Crippen LogP contribution in [0.4, 0.5) is 0 Å². The monoisotopic (exact) mass is 263 g/mol. The van der Waals surface area contributed by atoms with Crippen LogP contribution in [0.25, 0.3) is 0 Å². The van der Waals surface area contributed by atoms with Gasteiger partial charge in [0.15, 0.2) is 0 Å². The Bertz CT molecular complexity index is 394. The fourth-order valence-electron chi connectivity index (χ4n) is 1.08. The van der Waals surface area contributed by atoms with Gasteiger partial charge in [-0.15, -0.1) is 0 Å². The average molecular weight is 264 g/mol. The third kappa shape index (κ3) is 2.63. The van der Waals surface area contributed by atoms with Crippen molar-refractivity contribution in [3.63, 3.8) is 0 Å². The van der Waals surface area contributed by atoms with Crippen molar-refractivity contribution in [1.82, 2.24) is 0 Å². The van der Waals surface area contributed by atoms with Gasteiger partial charge in [0.25, 0.3) is 0 Å². The van der Waals surface area contributed by atoms with Gasteiger partial charge in [-0.2, -0.15) is 0 Å². The lowest BCUT2D eigenvalue weighted by Crippen LogP contribution is -1.72. The van der Waals surface area contributed by atoms with Gasteiger partial charge in [-0.25, -0.2) is 0 Å². The summed E-state index contributed by atoms with van der Waals surface area (Å²) in [5, 5.41) is 0. The van der Waals surface area contributed by atoms with Crippen LogP contribution >= 0.6 is 27.7 Å². The van der Waals surface area contributed by atoms with Crippen LogP contribution in [0.3, 0.4) is 0 Å². The minimum Gasteiger partial charge on any atom is -0.0901 e. The fraction of sp³-hybridized carbons (Fsp3) is 0. The Hall–Kier alpha value is -0.730. The largest absolute Gasteiger partial charge is 0.0901 e. The number of hydrogen-bond donors (Lipinski definition) is 0. The van der Waals surface area contributed by atoms with Crippen LogP contribution in [-0.2, 0) is 0 Å². The van der Waals surface area contributed by atoms with Crippen LogP contribution < -0.4 is 0 Å². The maximum absolute atomic E-state index is 3.42. The summed E-state index contributed by atoms with van der Waals surface area (Å²) in [6.07, 6.45) is 0. The molecule has 2 aromatic carbocycles. The summed E-state index contributed by atoms with van der Waals surface area (Å²) in [6, 6.07) is 19.3. The maximum Gasteiger partial charge on any atom is 0.0176 e. The van der Waals surface area contributed by atoms with Crippen molar-refractivity contribution in [3.8, 4) is 0 Å². The van der Waals surface area contributed by atoms with E-state index in [-0.39, 0.29) is 0 Å². The van der Waals surface area contributed by atoms with Crippen molar-refractivity contribution in [2.24, 2.45) is 0 Å². The molecule has 0 aliphatic carbocycles. The highest BCUT2D eigenvalue weighted by Crippen LogP contribution is 2.27. The standard InChI is InChI=1S/C12H8BrS/c13-10-6-8-12(9-7-10)14-11-4-2-1-3-5-11/h2-9H. The van der Waals surface area contributed by atoms with Gasteiger partial charge in [0.2, 0.25) is 0 Å². The van der Waals surface area contributed by atoms with Crippen molar-refractivity contribution in [2.75, 3.05) is 0 Å². The molecule has 0 heterocycles. The molecule has 0 spiro atoms. The van der Waals surface area contributed by atoms with Crippen molar-refractivity contribution >= 4 is 27.7 Å². The third-order valence-corrected chi connectivity index (χ3v) is 3.28. The molecule has 0 bridgehead atoms. The molecule has 2 rings (SSSR count). The fourth-order valence-corrected chi connectivity index (χ4v) is 2.16. The Labute approximate surface area is 96.5 Å². The smallest absolute Gasteiger partial charge is 0.0176 e. The van der Waals surface area contributed by atoms with E-state index in [0.29, 0.717) is 0 Å². The molecule has 0 fully saturated rings. The molecule has 0 atom stereocenters. The summed E-state index contributed by atoms with van der Waals surface area (Å²) in [4.78, 5) is 2.49. The molecule has 0 saturated carbocycles. The van der Waals surface area contributed by atoms with Crippen LogP contribution in [0.5, 0.6) is 0 Å². The van der Waals surface area contributed by atoms with E-state index in [9.17, 15) is 0 Å². The van der Waals surface area contributed by atoms with Crippen LogP contribution in [0, 0.1) is 6.07 Å². The zero-order valence-corrected chi connectivity index (χ0v) is 9.81. The summed E-state index contributed by atoms with van der Waals surface area (Å²) < 4.78 is 1.11. The SMILES string of the molecule is Brc1ccc(Sc2cc[c]cc2)cc1. The summed E-state index contributed by atoms with van der Waals surface area (Å²) in [7, 11) is 0. The molecule has 0 amide bonds. The average Bonchev–Trinajstić information content (AvgIpc) is 2.23. The van der Waals surface area contributed by atoms with E-state index in [0.717, 1.165) is 4.47 Å². The van der Waals surface area contributed by atoms with E-state index in [1.807, 2.05) is 12.1 Å². The zero-order chi connectivity index (χ0) is 9.80. The Morgan fingerprint density at radius 2 is 1.43 bits per heavy atom. The summed E-state index contributed by atoms with van der Waals surface area (Å²) >= 11 is 5.17. The highest BCUT2D eigenvalue weighted by Gasteiger charge is 1.95. The van der Waals surface area contributed by atoms with Gasteiger partial charge in [-0.3, -0.25) is 0 Å². The number of rotatable bonds is 2. The molecule has 0 unspecified atom stereocenters. The first-order valence-electron chi connectivity index (χ1n) is 4.24. The van der Waals surface area contributed by atoms with Crippen LogP contribution in [-0.4, -0.2) is 0 Å². The van der Waals surface area contributed by atoms with Gasteiger partial charge in [0, 0.05) is 14.3 Å². The van der Waals surface area contributed by atoms with Crippen molar-refractivity contribution in [1.29, 1.82) is 0 Å². The molecule has 69 valence electrons. The molecular formula is C12H8BrS. The second kappa shape index (κ2) is 4.67. The molecule has 0 saturated heterocycles. The van der Waals surface area contributed by atoms with Gasteiger partial charge in [-0.05, 0) is 42.5 Å². The molecule has 2 heteroatoms. The van der Waals surface area contributed by atoms with E-state index in [4.69, 9.17) is 0 Å². The van der Waals surface area contributed by atoms with Crippen LogP contribution in [0.15, 0.2) is 62.8 Å². The van der Waals surface area contributed by atoms with Gasteiger partial charge in [0.05, 0.1) is 0 Å². The normalized spacial score (nSPS) is 10.1. The lowest BCUT2D eigenvalue weighted by Gasteiger charge is -2.00. The molecular weight excluding hydrogens is 256 g/mol. The highest BCUT2D eigenvalue weighted by atomic mass is 79.9. The molecule has 0 nitrogen and oxygen atoms in total. The maximum atomic E-state index is 3.42. The van der Waals surface area contributed by atoms with E-state index < -0.39 is 0 Å². The van der Waals surface area contributed by atoms with Gasteiger partial charge in [-0.1, -0.05) is 39.8 Å². The molecule has 0 aromatic heterocycles. The first-order chi connectivity index (χ1) is 6.84. The second-order valence-electron chi connectivity index (χ2n) is 2.79. The minimum atomic E-state index is 1.11. The Kier molecular flexibility index (Phi) is 3.27. The minimum absolute atomic E-state index is 1.11. The Balaban J connectivity index is 2.16. The molecule has 2 aromatic rings. The predicted octanol–water partition coefficient (Wildman–Crippen LogP) is 4.40. The van der Waals surface area contributed by atoms with E-state index in [1.165, 1.54) is 9.79 Å². The quantitative estimate of drug-likeness (QED) is 0.774. The number of hydrogen-bond acceptors (Lipinski definition) is 1. The van der Waals surface area contributed by atoms with Crippen LogP contribution in [0.2, 0.25) is 0 Å². The van der Waals surface area contributed by atoms with Gasteiger partial charge >= 0.3 is 0 Å². The first-order valence-corrected chi connectivity index (χ1v) is 5.85. The first kappa shape index (κ1) is 9.81. The van der Waals surface area contributed by atoms with Gasteiger partial charge in [0.1, 0.15) is 0 Å². The molecule has 0 aliphatic heterocycles. The lowest BCUT2D eigenvalue weighted by atomic mass is 10.4. The zero-order valence-electron chi connectivity index (χ0n) is 7.41. The third-order valence-electron chi connectivity index (χ3n) is 1.74. The predicted molar refractivity (Wildman–Crippen MR) is 63.5 cm³/mol. The van der Waals surface area contributed by atoms with E-state index in [1.54, 1.807) is 11.8 Å². The molecule has 0 N–H and O–H groups in total. The number of benzene rings is 2. The lowest BCUT2D eigenvalue weighted by molar-refractivity contribution is 1.40. The molecule has 14 heavy (non-hydrogen) atoms. The number of halogens is 1. The van der Waals surface area contributed by atoms with E-state index in [2.05, 4.69) is 58.4 Å². The van der Waals surface area contributed by atoms with Crippen molar-refractivity contribution < 1.29 is 0 Å². The van der Waals surface area contributed by atoms with E-state index >= 15 is 0 Å². The Morgan fingerprint density at radius 3 is 2.07 bits per heavy atom. The summed E-state index contributed by atoms with van der Waals surface area (Å²) in [5.41, 5.74) is 0. The topological polar surface area (TPSA) is 0 Å². The Morgan fingerprint density at radius 1 is 0.857 bits per heavy atom. The van der Waals surface area contributed by atoms with Crippen molar-refractivity contribution in [2.45, 2.75) is 9.79 Å².